The number of nitrogens with zero attached hydrogens (tertiary/aromatic N) is 1. The molecule has 0 amide bonds. The topological polar surface area (TPSA) is 85.7 Å². The van der Waals surface area contributed by atoms with Gasteiger partial charge in [-0.25, -0.2) is 11.4 Å². The predicted octanol–water partition coefficient (Wildman–Crippen LogP) is 1.47. The van der Waals surface area contributed by atoms with Crippen LogP contribution in [0.1, 0.15) is 17.5 Å². The molecule has 0 unspecified atom stereocenters. The minimum atomic E-state index is 0.280. The van der Waals surface area contributed by atoms with Gasteiger partial charge in [-0.2, -0.15) is 0 Å². The van der Waals surface area contributed by atoms with Crippen LogP contribution in [-0.2, 0) is 6.42 Å². The van der Waals surface area contributed by atoms with Crippen LogP contribution in [0.15, 0.2) is 16.1 Å². The molecule has 0 saturated carbocycles. The fourth-order valence-corrected chi connectivity index (χ4v) is 3.50. The van der Waals surface area contributed by atoms with Crippen molar-refractivity contribution in [2.45, 2.75) is 17.7 Å². The first kappa shape index (κ1) is 13.3. The van der Waals surface area contributed by atoms with Crippen LogP contribution in [0.25, 0.3) is 0 Å². The van der Waals surface area contributed by atoms with E-state index < -0.39 is 0 Å². The Labute approximate surface area is 115 Å². The van der Waals surface area contributed by atoms with Crippen molar-refractivity contribution < 1.29 is 4.74 Å². The zero-order valence-electron chi connectivity index (χ0n) is 10.00. The second-order valence-electron chi connectivity index (χ2n) is 3.83. The van der Waals surface area contributed by atoms with Crippen molar-refractivity contribution in [3.05, 3.63) is 22.2 Å². The second-order valence-corrected chi connectivity index (χ2v) is 5.35. The van der Waals surface area contributed by atoms with Crippen molar-refractivity contribution in [2.75, 3.05) is 12.9 Å². The summed E-state index contributed by atoms with van der Waals surface area (Å²) in [6.45, 7) is 0. The van der Waals surface area contributed by atoms with E-state index in [1.165, 1.54) is 5.56 Å². The summed E-state index contributed by atoms with van der Waals surface area (Å²) in [5.41, 5.74) is 10.0. The highest BCUT2D eigenvalue weighted by Crippen LogP contribution is 2.41. The molecule has 1 aromatic rings. The summed E-state index contributed by atoms with van der Waals surface area (Å²) >= 11 is 7.95. The predicted molar refractivity (Wildman–Crippen MR) is 75.1 cm³/mol. The first-order chi connectivity index (χ1) is 8.69. The summed E-state index contributed by atoms with van der Waals surface area (Å²) in [4.78, 5) is 1.08. The summed E-state index contributed by atoms with van der Waals surface area (Å²) in [5.74, 6) is 7.05. The summed E-state index contributed by atoms with van der Waals surface area (Å²) < 4.78 is 5.33. The monoisotopic (exact) mass is 286 g/mol. The number of ether oxygens (including phenoxy) is 1. The molecule has 0 fully saturated rings. The molecule has 5 N–H and O–H groups in total. The highest BCUT2D eigenvalue weighted by atomic mass is 35.5. The van der Waals surface area contributed by atoms with Crippen LogP contribution < -0.4 is 21.8 Å². The lowest BCUT2D eigenvalue weighted by atomic mass is 10.0. The van der Waals surface area contributed by atoms with Crippen LogP contribution in [0, 0.1) is 0 Å². The van der Waals surface area contributed by atoms with Crippen molar-refractivity contribution in [1.29, 1.82) is 0 Å². The Morgan fingerprint density at radius 2 is 2.39 bits per heavy atom. The van der Waals surface area contributed by atoms with E-state index in [4.69, 9.17) is 27.9 Å². The minimum absolute atomic E-state index is 0.280. The lowest BCUT2D eigenvalue weighted by Gasteiger charge is -2.21. The van der Waals surface area contributed by atoms with Gasteiger partial charge < -0.3 is 10.5 Å². The van der Waals surface area contributed by atoms with Gasteiger partial charge in [0, 0.05) is 4.90 Å². The fraction of sp³-hybridized carbons (Fsp3) is 0.364. The number of hydrazone groups is 1. The van der Waals surface area contributed by atoms with Gasteiger partial charge in [-0.15, -0.1) is 16.9 Å². The molecule has 1 aliphatic heterocycles. The molecule has 5 nitrogen and oxygen atoms in total. The quantitative estimate of drug-likeness (QED) is 0.339. The Bertz CT molecular complexity index is 492. The fourth-order valence-electron chi connectivity index (χ4n) is 2.01. The number of fused-ring (bicyclic) bond motifs is 1. The lowest BCUT2D eigenvalue weighted by Crippen LogP contribution is -2.25. The number of nitrogens with one attached hydrogen (secondary N) is 1. The van der Waals surface area contributed by atoms with E-state index in [9.17, 15) is 0 Å². The SMILES string of the molecule is COc1c(Cl)cc2c(c1/C(N)=N/NN)SCCC2. The third-order valence-corrected chi connectivity index (χ3v) is 4.27. The number of methoxy groups -OCH3 is 1. The summed E-state index contributed by atoms with van der Waals surface area (Å²) in [7, 11) is 1.56. The number of halogens is 1. The van der Waals surface area contributed by atoms with Gasteiger partial charge in [-0.3, -0.25) is 0 Å². The van der Waals surface area contributed by atoms with E-state index in [1.807, 2.05) is 6.07 Å². The number of benzene rings is 1. The largest absolute Gasteiger partial charge is 0.494 e. The Morgan fingerprint density at radius 3 is 3.06 bits per heavy atom. The van der Waals surface area contributed by atoms with Crippen molar-refractivity contribution in [3.63, 3.8) is 0 Å². The zero-order chi connectivity index (χ0) is 13.1. The van der Waals surface area contributed by atoms with E-state index in [1.54, 1.807) is 18.9 Å². The van der Waals surface area contributed by atoms with Crippen molar-refractivity contribution in [3.8, 4) is 5.75 Å². The number of aryl methyl sites for hydroxylation is 1. The molecular formula is C11H15ClN4OS. The van der Waals surface area contributed by atoms with E-state index in [-0.39, 0.29) is 5.84 Å². The summed E-state index contributed by atoms with van der Waals surface area (Å²) in [6, 6.07) is 1.94. The normalized spacial score (nSPS) is 15.2. The number of nitrogens with two attached hydrogens (primary N) is 2. The van der Waals surface area contributed by atoms with E-state index in [0.717, 1.165) is 29.1 Å². The van der Waals surface area contributed by atoms with Gasteiger partial charge in [0.25, 0.3) is 0 Å². The van der Waals surface area contributed by atoms with E-state index in [2.05, 4.69) is 10.6 Å². The molecule has 1 heterocycles. The summed E-state index contributed by atoms with van der Waals surface area (Å²) in [6.07, 6.45) is 2.12. The zero-order valence-corrected chi connectivity index (χ0v) is 11.6. The maximum absolute atomic E-state index is 6.21. The van der Waals surface area contributed by atoms with Crippen LogP contribution >= 0.6 is 23.4 Å². The van der Waals surface area contributed by atoms with Crippen LogP contribution in [0.3, 0.4) is 0 Å². The van der Waals surface area contributed by atoms with Gasteiger partial charge in [0.2, 0.25) is 0 Å². The molecule has 0 spiro atoms. The molecule has 0 saturated heterocycles. The molecule has 2 rings (SSSR count). The van der Waals surface area contributed by atoms with E-state index in [0.29, 0.717) is 10.8 Å². The third-order valence-electron chi connectivity index (χ3n) is 2.75. The third kappa shape index (κ3) is 2.36. The molecule has 98 valence electrons. The van der Waals surface area contributed by atoms with E-state index >= 15 is 0 Å². The Hall–Kier alpha value is -1.11. The Balaban J connectivity index is 2.65. The molecule has 0 radical (unpaired) electrons. The number of amidine groups is 1. The highest BCUT2D eigenvalue weighted by molar-refractivity contribution is 7.99. The van der Waals surface area contributed by atoms with Crippen molar-refractivity contribution in [2.24, 2.45) is 16.7 Å². The molecule has 1 aromatic carbocycles. The molecule has 18 heavy (non-hydrogen) atoms. The van der Waals surface area contributed by atoms with Gasteiger partial charge in [0.15, 0.2) is 5.84 Å². The van der Waals surface area contributed by atoms with Gasteiger partial charge in [-0.1, -0.05) is 11.6 Å². The standard InChI is InChI=1S/C11H15ClN4OS/c1-17-9-7(12)5-6-3-2-4-18-10(6)8(9)11(13)15-16-14/h5,16H,2-4,14H2,1H3,(H2,13,15). The van der Waals surface area contributed by atoms with Gasteiger partial charge in [0.05, 0.1) is 17.7 Å². The smallest absolute Gasteiger partial charge is 0.157 e. The highest BCUT2D eigenvalue weighted by Gasteiger charge is 2.23. The maximum atomic E-state index is 6.21. The number of rotatable bonds is 3. The summed E-state index contributed by atoms with van der Waals surface area (Å²) in [5, 5.41) is 4.37. The number of hydrogen-bond donors (Lipinski definition) is 3. The number of hydrazine groups is 1. The first-order valence-corrected chi connectivity index (χ1v) is 6.86. The lowest BCUT2D eigenvalue weighted by molar-refractivity contribution is 0.412. The van der Waals surface area contributed by atoms with Crippen molar-refractivity contribution >= 4 is 29.2 Å². The molecule has 0 aromatic heterocycles. The number of hydrogen-bond acceptors (Lipinski definition) is 5. The van der Waals surface area contributed by atoms with Gasteiger partial charge in [-0.05, 0) is 30.2 Å². The number of thioether (sulfide) groups is 1. The molecule has 0 aliphatic carbocycles. The molecular weight excluding hydrogens is 272 g/mol. The Morgan fingerprint density at radius 1 is 1.61 bits per heavy atom. The Kier molecular flexibility index (Phi) is 4.21. The van der Waals surface area contributed by atoms with Crippen LogP contribution in [-0.4, -0.2) is 18.7 Å². The average molecular weight is 287 g/mol. The first-order valence-electron chi connectivity index (χ1n) is 5.50. The molecule has 0 atom stereocenters. The van der Waals surface area contributed by atoms with Crippen molar-refractivity contribution in [1.82, 2.24) is 5.53 Å². The van der Waals surface area contributed by atoms with Gasteiger partial charge in [0.1, 0.15) is 5.75 Å². The maximum Gasteiger partial charge on any atom is 0.157 e. The second kappa shape index (κ2) is 5.69. The molecule has 0 bridgehead atoms. The van der Waals surface area contributed by atoms with Gasteiger partial charge >= 0.3 is 0 Å². The molecule has 1 aliphatic rings. The minimum Gasteiger partial charge on any atom is -0.494 e. The average Bonchev–Trinajstić information content (AvgIpc) is 2.37. The molecule has 7 heteroatoms. The van der Waals surface area contributed by atoms with Crippen LogP contribution in [0.2, 0.25) is 5.02 Å². The van der Waals surface area contributed by atoms with Crippen LogP contribution in [0.4, 0.5) is 0 Å². The van der Waals surface area contributed by atoms with Crippen LogP contribution in [0.5, 0.6) is 5.75 Å².